The van der Waals surface area contributed by atoms with Gasteiger partial charge in [-0.3, -0.25) is 0 Å². The zero-order valence-electron chi connectivity index (χ0n) is 12.8. The minimum absolute atomic E-state index is 0.373. The summed E-state index contributed by atoms with van der Waals surface area (Å²) in [6, 6.07) is 18.0. The Morgan fingerprint density at radius 2 is 1.74 bits per heavy atom. The molecule has 3 rings (SSSR count). The lowest BCUT2D eigenvalue weighted by molar-refractivity contribution is 0.134. The van der Waals surface area contributed by atoms with Gasteiger partial charge >= 0.3 is 0 Å². The third-order valence-corrected chi connectivity index (χ3v) is 3.61. The molecule has 0 saturated heterocycles. The molecule has 1 N–H and O–H groups in total. The van der Waals surface area contributed by atoms with Gasteiger partial charge in [-0.05, 0) is 36.1 Å². The number of para-hydroxylation sites is 1. The molecule has 0 saturated carbocycles. The molecule has 0 aliphatic rings. The van der Waals surface area contributed by atoms with Crippen LogP contribution in [0.3, 0.4) is 0 Å². The maximum Gasteiger partial charge on any atom is 0.222 e. The quantitative estimate of drug-likeness (QED) is 0.718. The molecule has 4 heteroatoms. The van der Waals surface area contributed by atoms with Crippen LogP contribution in [0.2, 0.25) is 0 Å². The molecule has 118 valence electrons. The second-order valence-corrected chi connectivity index (χ2v) is 5.34. The first kappa shape index (κ1) is 15.3. The van der Waals surface area contributed by atoms with Crippen LogP contribution in [-0.4, -0.2) is 10.1 Å². The molecule has 1 heterocycles. The van der Waals surface area contributed by atoms with Crippen LogP contribution in [0.25, 0.3) is 0 Å². The number of hydrogen-bond acceptors (Lipinski definition) is 4. The lowest BCUT2D eigenvalue weighted by Gasteiger charge is -2.08. The Labute approximate surface area is 135 Å². The van der Waals surface area contributed by atoms with Gasteiger partial charge in [-0.2, -0.15) is 0 Å². The van der Waals surface area contributed by atoms with Gasteiger partial charge in [-0.25, -0.2) is 4.98 Å². The average molecular weight is 309 g/mol. The number of benzene rings is 2. The van der Waals surface area contributed by atoms with Gasteiger partial charge in [0.1, 0.15) is 24.7 Å². The van der Waals surface area contributed by atoms with Crippen molar-refractivity contribution in [2.45, 2.75) is 25.6 Å². The van der Waals surface area contributed by atoms with Crippen molar-refractivity contribution in [3.05, 3.63) is 84.1 Å². The predicted molar refractivity (Wildman–Crippen MR) is 87.0 cm³/mol. The standard InChI is InChI=1S/C19H19NO3/c21-18(19-20-12-13-22-19)11-10-15-6-8-16(9-7-15)14-23-17-4-2-1-3-5-17/h1-9,12-13,18,21H,10-11,14H2. The number of aliphatic hydroxyl groups excluding tert-OH is 1. The largest absolute Gasteiger partial charge is 0.489 e. The van der Waals surface area contributed by atoms with Crippen molar-refractivity contribution in [2.75, 3.05) is 0 Å². The first-order valence-electron chi connectivity index (χ1n) is 7.64. The lowest BCUT2D eigenvalue weighted by atomic mass is 10.1. The van der Waals surface area contributed by atoms with Crippen LogP contribution in [0.15, 0.2) is 71.5 Å². The van der Waals surface area contributed by atoms with Gasteiger partial charge in [0.2, 0.25) is 5.89 Å². The van der Waals surface area contributed by atoms with Crippen molar-refractivity contribution < 1.29 is 14.3 Å². The molecule has 0 aliphatic heterocycles. The third kappa shape index (κ3) is 4.44. The fourth-order valence-electron chi connectivity index (χ4n) is 2.31. The van der Waals surface area contributed by atoms with Crippen molar-refractivity contribution in [1.82, 2.24) is 4.98 Å². The van der Waals surface area contributed by atoms with Crippen LogP contribution >= 0.6 is 0 Å². The van der Waals surface area contributed by atoms with E-state index in [-0.39, 0.29) is 0 Å². The highest BCUT2D eigenvalue weighted by molar-refractivity contribution is 5.24. The van der Waals surface area contributed by atoms with E-state index in [1.54, 1.807) is 6.20 Å². The van der Waals surface area contributed by atoms with E-state index in [0.717, 1.165) is 17.7 Å². The number of nitrogens with zero attached hydrogens (tertiary/aromatic N) is 1. The zero-order valence-corrected chi connectivity index (χ0v) is 12.8. The molecule has 3 aromatic rings. The van der Waals surface area contributed by atoms with Gasteiger partial charge in [0.25, 0.3) is 0 Å². The molecule has 0 amide bonds. The molecule has 0 aliphatic carbocycles. The van der Waals surface area contributed by atoms with E-state index in [0.29, 0.717) is 18.9 Å². The highest BCUT2D eigenvalue weighted by atomic mass is 16.5. The number of oxazole rings is 1. The lowest BCUT2D eigenvalue weighted by Crippen LogP contribution is -2.00. The van der Waals surface area contributed by atoms with Crippen LogP contribution in [0.1, 0.15) is 29.5 Å². The molecule has 1 aromatic heterocycles. The van der Waals surface area contributed by atoms with Gasteiger partial charge in [-0.1, -0.05) is 42.5 Å². The van der Waals surface area contributed by atoms with Crippen molar-refractivity contribution in [1.29, 1.82) is 0 Å². The average Bonchev–Trinajstić information content (AvgIpc) is 3.14. The first-order chi connectivity index (χ1) is 11.3. The van der Waals surface area contributed by atoms with Crippen LogP contribution in [0.4, 0.5) is 0 Å². The first-order valence-corrected chi connectivity index (χ1v) is 7.64. The van der Waals surface area contributed by atoms with Crippen LogP contribution in [-0.2, 0) is 13.0 Å². The molecule has 0 radical (unpaired) electrons. The van der Waals surface area contributed by atoms with Crippen LogP contribution in [0, 0.1) is 0 Å². The molecule has 23 heavy (non-hydrogen) atoms. The molecule has 2 aromatic carbocycles. The van der Waals surface area contributed by atoms with E-state index in [1.165, 1.54) is 11.8 Å². The monoisotopic (exact) mass is 309 g/mol. The molecule has 4 nitrogen and oxygen atoms in total. The van der Waals surface area contributed by atoms with Gasteiger partial charge < -0.3 is 14.3 Å². The van der Waals surface area contributed by atoms with Gasteiger partial charge in [0.05, 0.1) is 6.20 Å². The summed E-state index contributed by atoms with van der Waals surface area (Å²) >= 11 is 0. The van der Waals surface area contributed by atoms with E-state index in [4.69, 9.17) is 9.15 Å². The fraction of sp³-hybridized carbons (Fsp3) is 0.211. The normalized spacial score (nSPS) is 12.0. The van der Waals surface area contributed by atoms with E-state index in [1.807, 2.05) is 30.3 Å². The molecule has 0 fully saturated rings. The number of ether oxygens (including phenoxy) is 1. The molecule has 1 atom stereocenters. The number of aromatic nitrogens is 1. The summed E-state index contributed by atoms with van der Waals surface area (Å²) in [6.07, 6.45) is 3.70. The van der Waals surface area contributed by atoms with E-state index in [2.05, 4.69) is 29.2 Å². The number of aryl methyl sites for hydroxylation is 1. The van der Waals surface area contributed by atoms with Crippen LogP contribution in [0.5, 0.6) is 5.75 Å². The topological polar surface area (TPSA) is 55.5 Å². The third-order valence-electron chi connectivity index (χ3n) is 3.61. The summed E-state index contributed by atoms with van der Waals surface area (Å²) in [5.74, 6) is 1.24. The van der Waals surface area contributed by atoms with E-state index >= 15 is 0 Å². The van der Waals surface area contributed by atoms with Crippen molar-refractivity contribution in [3.63, 3.8) is 0 Å². The van der Waals surface area contributed by atoms with Crippen molar-refractivity contribution in [2.24, 2.45) is 0 Å². The Bertz CT molecular complexity index is 693. The summed E-state index contributed by atoms with van der Waals surface area (Å²) in [4.78, 5) is 3.96. The second-order valence-electron chi connectivity index (χ2n) is 5.34. The summed E-state index contributed by atoms with van der Waals surface area (Å²) in [7, 11) is 0. The minimum Gasteiger partial charge on any atom is -0.489 e. The minimum atomic E-state index is -0.661. The maximum absolute atomic E-state index is 9.96. The molecule has 1 unspecified atom stereocenters. The van der Waals surface area contributed by atoms with Crippen molar-refractivity contribution >= 4 is 0 Å². The molecular formula is C19H19NO3. The summed E-state index contributed by atoms with van der Waals surface area (Å²) in [5, 5.41) is 9.96. The smallest absolute Gasteiger partial charge is 0.222 e. The fourth-order valence-corrected chi connectivity index (χ4v) is 2.31. The number of hydrogen-bond donors (Lipinski definition) is 1. The van der Waals surface area contributed by atoms with E-state index < -0.39 is 6.10 Å². The number of rotatable bonds is 7. The van der Waals surface area contributed by atoms with Gasteiger partial charge in [0, 0.05) is 0 Å². The Morgan fingerprint density at radius 1 is 1.00 bits per heavy atom. The molecule has 0 spiro atoms. The van der Waals surface area contributed by atoms with Gasteiger partial charge in [0.15, 0.2) is 0 Å². The zero-order chi connectivity index (χ0) is 15.9. The Morgan fingerprint density at radius 3 is 2.43 bits per heavy atom. The Hall–Kier alpha value is -2.59. The molecular weight excluding hydrogens is 290 g/mol. The summed E-state index contributed by atoms with van der Waals surface area (Å²) < 4.78 is 10.8. The second kappa shape index (κ2) is 7.61. The van der Waals surface area contributed by atoms with Gasteiger partial charge in [-0.15, -0.1) is 0 Å². The maximum atomic E-state index is 9.96. The highest BCUT2D eigenvalue weighted by Gasteiger charge is 2.11. The highest BCUT2D eigenvalue weighted by Crippen LogP contribution is 2.18. The Balaban J connectivity index is 1.49. The summed E-state index contributed by atoms with van der Waals surface area (Å²) in [5.41, 5.74) is 2.28. The van der Waals surface area contributed by atoms with Crippen molar-refractivity contribution in [3.8, 4) is 5.75 Å². The number of aliphatic hydroxyl groups is 1. The van der Waals surface area contributed by atoms with Crippen LogP contribution < -0.4 is 4.74 Å². The summed E-state index contributed by atoms with van der Waals surface area (Å²) in [6.45, 7) is 0.545. The Kier molecular flexibility index (Phi) is 5.06. The van der Waals surface area contributed by atoms with E-state index in [9.17, 15) is 5.11 Å². The molecule has 0 bridgehead atoms. The SMILES string of the molecule is OC(CCc1ccc(COc2ccccc2)cc1)c1ncco1. The predicted octanol–water partition coefficient (Wildman–Crippen LogP) is 3.92.